The molecule has 8 nitrogen and oxygen atoms in total. The molecule has 20 heavy (non-hydrogen) atoms. The van der Waals surface area contributed by atoms with Crippen LogP contribution < -0.4 is 11.2 Å². The Hall–Kier alpha value is -2.25. The van der Waals surface area contributed by atoms with Crippen molar-refractivity contribution >= 4 is 11.5 Å². The minimum Gasteiger partial charge on any atom is -0.298 e. The molecule has 0 aromatic carbocycles. The van der Waals surface area contributed by atoms with Crippen LogP contribution in [-0.4, -0.2) is 19.8 Å². The van der Waals surface area contributed by atoms with Crippen LogP contribution in [0.5, 0.6) is 0 Å². The van der Waals surface area contributed by atoms with Crippen LogP contribution in [0.15, 0.2) is 15.8 Å². The summed E-state index contributed by atoms with van der Waals surface area (Å²) < 4.78 is 1.74. The molecule has 0 aliphatic carbocycles. The van der Waals surface area contributed by atoms with E-state index < -0.39 is 28.4 Å². The van der Waals surface area contributed by atoms with Gasteiger partial charge in [0.2, 0.25) is 0 Å². The zero-order chi connectivity index (χ0) is 15.3. The fraction of sp³-hybridized carbons (Fsp3) is 0.583. The van der Waals surface area contributed by atoms with Gasteiger partial charge in [-0.15, -0.1) is 0 Å². The molecule has 0 N–H and O–H groups in total. The minimum absolute atomic E-state index is 0.225. The molecule has 1 aromatic rings. The van der Waals surface area contributed by atoms with E-state index in [0.29, 0.717) is 17.4 Å². The number of ketones is 1. The quantitative estimate of drug-likeness (QED) is 0.541. The maximum Gasteiger partial charge on any atom is 0.350 e. The average Bonchev–Trinajstić information content (AvgIpc) is 2.38. The molecular weight excluding hydrogens is 266 g/mol. The molecule has 1 heterocycles. The molecule has 0 aliphatic heterocycles. The minimum atomic E-state index is -1.03. The molecule has 0 amide bonds. The van der Waals surface area contributed by atoms with Crippen molar-refractivity contribution < 1.29 is 9.72 Å². The Bertz CT molecular complexity index is 629. The largest absolute Gasteiger partial charge is 0.350 e. The first-order valence-electron chi connectivity index (χ1n) is 6.42. The van der Waals surface area contributed by atoms with Gasteiger partial charge in [-0.2, -0.15) is 0 Å². The number of Topliss-reactive ketones (excluding diaryl/α,β-unsaturated/α-hetero) is 1. The Balaban J connectivity index is 3.40. The van der Waals surface area contributed by atoms with Crippen molar-refractivity contribution in [1.29, 1.82) is 0 Å². The van der Waals surface area contributed by atoms with E-state index in [2.05, 4.69) is 0 Å². The van der Waals surface area contributed by atoms with Crippen molar-refractivity contribution in [2.24, 2.45) is 0 Å². The number of hydrogen-bond donors (Lipinski definition) is 0. The second-order valence-electron chi connectivity index (χ2n) is 4.43. The van der Waals surface area contributed by atoms with Crippen LogP contribution in [0.25, 0.3) is 0 Å². The van der Waals surface area contributed by atoms with Gasteiger partial charge < -0.3 is 0 Å². The summed E-state index contributed by atoms with van der Waals surface area (Å²) in [5.74, 6) is -0.296. The van der Waals surface area contributed by atoms with Crippen molar-refractivity contribution in [2.75, 3.05) is 0 Å². The van der Waals surface area contributed by atoms with E-state index in [0.717, 1.165) is 10.8 Å². The number of nitrogens with zero attached hydrogens (tertiary/aromatic N) is 3. The van der Waals surface area contributed by atoms with Crippen LogP contribution in [0.3, 0.4) is 0 Å². The summed E-state index contributed by atoms with van der Waals surface area (Å²) in [6.07, 6.45) is 2.33. The van der Waals surface area contributed by atoms with Crippen LogP contribution in [0, 0.1) is 10.1 Å². The Morgan fingerprint density at radius 1 is 1.30 bits per heavy atom. The van der Waals surface area contributed by atoms with Gasteiger partial charge in [0.25, 0.3) is 0 Å². The fourth-order valence-corrected chi connectivity index (χ4v) is 1.84. The van der Waals surface area contributed by atoms with Gasteiger partial charge in [0.15, 0.2) is 5.78 Å². The molecule has 0 spiro atoms. The molecule has 0 fully saturated rings. The predicted octanol–water partition coefficient (Wildman–Crippen LogP) is 0.697. The molecule has 8 heteroatoms. The van der Waals surface area contributed by atoms with E-state index in [9.17, 15) is 24.5 Å². The highest BCUT2D eigenvalue weighted by Crippen LogP contribution is 2.02. The zero-order valence-corrected chi connectivity index (χ0v) is 11.5. The van der Waals surface area contributed by atoms with Crippen molar-refractivity contribution in [3.63, 3.8) is 0 Å². The van der Waals surface area contributed by atoms with Crippen molar-refractivity contribution in [1.82, 2.24) is 9.13 Å². The van der Waals surface area contributed by atoms with E-state index in [4.69, 9.17) is 0 Å². The number of aryl methyl sites for hydroxylation is 1. The summed E-state index contributed by atoms with van der Waals surface area (Å²) in [6, 6.07) is 0. The molecule has 0 saturated carbocycles. The van der Waals surface area contributed by atoms with Crippen LogP contribution in [0.2, 0.25) is 0 Å². The Morgan fingerprint density at radius 3 is 2.45 bits per heavy atom. The lowest BCUT2D eigenvalue weighted by Crippen LogP contribution is -2.42. The maximum absolute atomic E-state index is 12.0. The van der Waals surface area contributed by atoms with Crippen LogP contribution in [0.1, 0.15) is 33.1 Å². The summed E-state index contributed by atoms with van der Waals surface area (Å²) in [6.45, 7) is 3.43. The Labute approximate surface area is 114 Å². The van der Waals surface area contributed by atoms with Gasteiger partial charge >= 0.3 is 16.9 Å². The van der Waals surface area contributed by atoms with Crippen molar-refractivity contribution in [2.45, 2.75) is 46.2 Å². The molecule has 0 aliphatic rings. The number of carbonyl (C=O) groups is 1. The van der Waals surface area contributed by atoms with Gasteiger partial charge in [-0.1, -0.05) is 13.8 Å². The smallest absolute Gasteiger partial charge is 0.298 e. The molecule has 0 saturated heterocycles. The molecule has 0 unspecified atom stereocenters. The summed E-state index contributed by atoms with van der Waals surface area (Å²) in [5, 5.41) is 10.8. The first-order chi connectivity index (χ1) is 9.42. The molecule has 1 aromatic heterocycles. The molecule has 1 rings (SSSR count). The van der Waals surface area contributed by atoms with Gasteiger partial charge in [-0.3, -0.25) is 24.3 Å². The summed E-state index contributed by atoms with van der Waals surface area (Å²) >= 11 is 0. The summed E-state index contributed by atoms with van der Waals surface area (Å²) in [5.41, 5.74) is -2.41. The summed E-state index contributed by atoms with van der Waals surface area (Å²) in [7, 11) is 0. The van der Waals surface area contributed by atoms with Crippen molar-refractivity contribution in [3.05, 3.63) is 37.1 Å². The van der Waals surface area contributed by atoms with E-state index >= 15 is 0 Å². The second kappa shape index (κ2) is 6.78. The molecule has 0 radical (unpaired) electrons. The standard InChI is InChI=1S/C12H17N3O5/c1-3-5-9(16)7-14-11(17)10(15(19)20)8-13(6-4-2)12(14)18/h8H,3-7H2,1-2H3. The third-order valence-electron chi connectivity index (χ3n) is 2.74. The average molecular weight is 283 g/mol. The lowest BCUT2D eigenvalue weighted by molar-refractivity contribution is -0.387. The van der Waals surface area contributed by atoms with Gasteiger partial charge in [0.1, 0.15) is 0 Å². The highest BCUT2D eigenvalue weighted by atomic mass is 16.6. The van der Waals surface area contributed by atoms with Gasteiger partial charge in [-0.25, -0.2) is 9.36 Å². The predicted molar refractivity (Wildman–Crippen MR) is 71.8 cm³/mol. The van der Waals surface area contributed by atoms with Crippen molar-refractivity contribution in [3.8, 4) is 0 Å². The maximum atomic E-state index is 12.0. The number of nitro groups is 1. The number of aromatic nitrogens is 2. The van der Waals surface area contributed by atoms with Crippen LogP contribution >= 0.6 is 0 Å². The van der Waals surface area contributed by atoms with Gasteiger partial charge in [0.05, 0.1) is 17.7 Å². The number of carbonyl (C=O) groups excluding carboxylic acids is 1. The van der Waals surface area contributed by atoms with Crippen LogP contribution in [-0.2, 0) is 17.9 Å². The van der Waals surface area contributed by atoms with E-state index in [-0.39, 0.29) is 18.7 Å². The van der Waals surface area contributed by atoms with E-state index in [1.165, 1.54) is 0 Å². The number of rotatable bonds is 7. The lowest BCUT2D eigenvalue weighted by atomic mass is 10.2. The highest BCUT2D eigenvalue weighted by Gasteiger charge is 2.20. The fourth-order valence-electron chi connectivity index (χ4n) is 1.84. The molecule has 0 atom stereocenters. The van der Waals surface area contributed by atoms with E-state index in [1.807, 2.05) is 0 Å². The first-order valence-corrected chi connectivity index (χ1v) is 6.42. The normalized spacial score (nSPS) is 10.5. The Kier molecular flexibility index (Phi) is 5.36. The number of hydrogen-bond acceptors (Lipinski definition) is 5. The second-order valence-corrected chi connectivity index (χ2v) is 4.43. The van der Waals surface area contributed by atoms with Crippen LogP contribution in [0.4, 0.5) is 5.69 Å². The topological polar surface area (TPSA) is 104 Å². The SMILES string of the molecule is CCCC(=O)Cn1c(=O)c([N+](=O)[O-])cn(CCC)c1=O. The Morgan fingerprint density at radius 2 is 1.95 bits per heavy atom. The monoisotopic (exact) mass is 283 g/mol. The molecule has 0 bridgehead atoms. The third-order valence-corrected chi connectivity index (χ3v) is 2.74. The third kappa shape index (κ3) is 3.40. The molecule has 110 valence electrons. The highest BCUT2D eigenvalue weighted by molar-refractivity contribution is 5.78. The molecular formula is C12H17N3O5. The van der Waals surface area contributed by atoms with E-state index in [1.54, 1.807) is 13.8 Å². The van der Waals surface area contributed by atoms with Gasteiger partial charge in [-0.05, 0) is 12.8 Å². The first kappa shape index (κ1) is 15.8. The van der Waals surface area contributed by atoms with Gasteiger partial charge in [0, 0.05) is 13.0 Å². The zero-order valence-electron chi connectivity index (χ0n) is 11.5. The lowest BCUT2D eigenvalue weighted by Gasteiger charge is -2.08. The summed E-state index contributed by atoms with van der Waals surface area (Å²) in [4.78, 5) is 45.5.